The van der Waals surface area contributed by atoms with Gasteiger partial charge < -0.3 is 47.9 Å². The van der Waals surface area contributed by atoms with Crippen LogP contribution in [-0.2, 0) is 43.3 Å². The Hall–Kier alpha value is -13.6. The second-order valence-electron chi connectivity index (χ2n) is 42.0. The van der Waals surface area contributed by atoms with Gasteiger partial charge in [-0.25, -0.2) is 29.9 Å². The van der Waals surface area contributed by atoms with Crippen molar-refractivity contribution in [1.29, 1.82) is 0 Å². The fourth-order valence-electron chi connectivity index (χ4n) is 15.7. The molecule has 2 aliphatic rings. The van der Waals surface area contributed by atoms with Crippen molar-refractivity contribution in [3.05, 3.63) is 287 Å². The van der Waals surface area contributed by atoms with Crippen LogP contribution in [0.1, 0.15) is 211 Å². The highest BCUT2D eigenvalue weighted by Crippen LogP contribution is 2.51. The Morgan fingerprint density at radius 3 is 0.414 bits per heavy atom. The van der Waals surface area contributed by atoms with Gasteiger partial charge in [0.25, 0.3) is 0 Å². The number of fused-ring (bicyclic) bond motifs is 20. The minimum absolute atomic E-state index is 0.123. The highest BCUT2D eigenvalue weighted by molar-refractivity contribution is 6.08. The average Bonchev–Trinajstić information content (AvgIpc) is 1.58. The van der Waals surface area contributed by atoms with E-state index in [0.29, 0.717) is 158 Å². The van der Waals surface area contributed by atoms with Crippen molar-refractivity contribution < 1.29 is 37.9 Å². The van der Waals surface area contributed by atoms with Crippen LogP contribution in [0.3, 0.4) is 0 Å². The summed E-state index contributed by atoms with van der Waals surface area (Å²) in [6.45, 7) is 52.7. The maximum atomic E-state index is 7.12. The van der Waals surface area contributed by atoms with Gasteiger partial charge in [-0.2, -0.15) is 0 Å². The Labute approximate surface area is 751 Å². The van der Waals surface area contributed by atoms with Crippen LogP contribution in [-0.4, -0.2) is 39.9 Å². The number of aromatic nitrogens is 8. The van der Waals surface area contributed by atoms with E-state index in [9.17, 15) is 0 Å². The molecule has 16 nitrogen and oxygen atoms in total. The summed E-state index contributed by atoms with van der Waals surface area (Å²) in [6.07, 6.45) is 0. The van der Waals surface area contributed by atoms with Gasteiger partial charge in [-0.1, -0.05) is 263 Å². The second kappa shape index (κ2) is 32.4. The molecule has 0 radical (unpaired) electrons. The number of rotatable bonds is 16. The highest BCUT2D eigenvalue weighted by atomic mass is 16.5. The van der Waals surface area contributed by atoms with Crippen molar-refractivity contribution in [2.24, 2.45) is 0 Å². The van der Waals surface area contributed by atoms with E-state index in [1.54, 1.807) is 0 Å². The molecule has 0 saturated heterocycles. The minimum Gasteiger partial charge on any atom is -0.453 e. The van der Waals surface area contributed by atoms with Crippen LogP contribution in [0.15, 0.2) is 243 Å². The first-order valence-corrected chi connectivity index (χ1v) is 44.1. The summed E-state index contributed by atoms with van der Waals surface area (Å²) in [6, 6.07) is 81.1. The lowest BCUT2D eigenvalue weighted by Gasteiger charge is -2.20. The summed E-state index contributed by atoms with van der Waals surface area (Å²) in [5.41, 5.74) is 12.0. The van der Waals surface area contributed by atoms with Crippen molar-refractivity contribution in [3.63, 3.8) is 0 Å². The normalized spacial score (nSPS) is 12.7. The number of nitrogens with zero attached hydrogens (tertiary/aromatic N) is 6. The number of aromatic amines is 2. The topological polar surface area (TPSA) is 183 Å². The Morgan fingerprint density at radius 1 is 0.164 bits per heavy atom. The van der Waals surface area contributed by atoms with E-state index in [1.807, 2.05) is 146 Å². The van der Waals surface area contributed by atoms with Crippen molar-refractivity contribution in [3.8, 4) is 138 Å². The SMILES string of the molecule is CC(C)(C)c1ccc(Oc2cc3c(cc2Oc2ccc(C(C)(C)C)cc2)-c2nc-3nc3[nH]c(nc4nc(nc5[nH]c(n2)c2cc(Oc6ccc(C(C)(C)C)cc6)c(Oc6ccc(C(C)(C)C)cc6)cc52)-c2cc(Oc5ccc(C(C)(C)C)cc5)c(Oc5ccc(C(C)(C)C)cc5)cc2-4)c2cc(Oc4ccc(C(C)(C)C)cc4)c(Oc4ccc(C(C)(C)C)cc4)cc32)cc1. The van der Waals surface area contributed by atoms with Crippen molar-refractivity contribution >= 4 is 44.1 Å². The molecule has 17 rings (SSSR count). The molecule has 0 fully saturated rings. The molecule has 0 atom stereocenters. The summed E-state index contributed by atoms with van der Waals surface area (Å²) in [7, 11) is 0. The number of hydrogen-bond donors (Lipinski definition) is 2. The standard InChI is InChI=1S/C112H114N8O8/c1-105(2,3)65-25-41-73(42-26-65)121-89-57-81-82(58-90(89)122-74-43-27-66(28-44-74)106(4,5)6)98-113-97(81)117-99-83-59-91(123-75-45-29-67(30-46-75)107(7,8)9)92(124-76-47-31-68(32-48-76)108(10,11)12)60-84(83)101(114-99)119-103-87-63-95(127-79-53-37-71(38-54-79)111(19,20)21)96(128-80-55-39-72(40-56-80)112(22,23)24)64-88(87)104(116-103)120-102-86-62-94(126-78-51-35-70(36-52-78)110(16,17)18)93(61-85(86)100(115-102)118-98)125-77-49-33-69(34-50-77)109(13,14)15/h25-64H,1-24H3,(H2,113,114,115,116,117,118,119,120). The first-order chi connectivity index (χ1) is 60.3. The molecule has 650 valence electrons. The van der Waals surface area contributed by atoms with Gasteiger partial charge in [0.1, 0.15) is 68.6 Å². The Bertz CT molecular complexity index is 6090. The second-order valence-corrected chi connectivity index (χ2v) is 42.0. The van der Waals surface area contributed by atoms with Crippen LogP contribution in [0.25, 0.3) is 89.7 Å². The molecule has 0 spiro atoms. The maximum absolute atomic E-state index is 7.12. The van der Waals surface area contributed by atoms with Crippen LogP contribution in [0.2, 0.25) is 0 Å². The smallest absolute Gasteiger partial charge is 0.170 e. The Balaban J connectivity index is 0.984. The molecule has 5 heterocycles. The molecule has 15 aromatic rings. The fraction of sp³-hybridized carbons (Fsp3) is 0.286. The summed E-state index contributed by atoms with van der Waals surface area (Å²) in [4.78, 5) is 41.6. The van der Waals surface area contributed by atoms with Crippen LogP contribution in [0.4, 0.5) is 0 Å². The Kier molecular flexibility index (Phi) is 21.9. The number of nitrogens with one attached hydrogen (secondary N) is 2. The molecule has 12 aromatic carbocycles. The van der Waals surface area contributed by atoms with E-state index in [4.69, 9.17) is 67.8 Å². The molecule has 0 unspecified atom stereocenters. The average molecular weight is 1700 g/mol. The van der Waals surface area contributed by atoms with Gasteiger partial charge in [0.05, 0.1) is 0 Å². The largest absolute Gasteiger partial charge is 0.453 e. The van der Waals surface area contributed by atoms with Crippen molar-refractivity contribution in [2.45, 2.75) is 209 Å². The van der Waals surface area contributed by atoms with Crippen LogP contribution in [0.5, 0.6) is 92.0 Å². The highest BCUT2D eigenvalue weighted by Gasteiger charge is 2.32. The number of hydrogen-bond acceptors (Lipinski definition) is 14. The van der Waals surface area contributed by atoms with Gasteiger partial charge in [0, 0.05) is 43.8 Å². The first kappa shape index (κ1) is 86.5. The zero-order valence-corrected chi connectivity index (χ0v) is 78.0. The van der Waals surface area contributed by atoms with E-state index >= 15 is 0 Å². The molecular formula is C112H114N8O8. The molecule has 0 amide bonds. The molecule has 8 bridgehead atoms. The summed E-state index contributed by atoms with van der Waals surface area (Å²) in [5.74, 6) is 9.02. The first-order valence-electron chi connectivity index (χ1n) is 44.1. The van der Waals surface area contributed by atoms with Crippen molar-refractivity contribution in [1.82, 2.24) is 39.9 Å². The van der Waals surface area contributed by atoms with Crippen LogP contribution < -0.4 is 37.9 Å². The van der Waals surface area contributed by atoms with Gasteiger partial charge in [-0.15, -0.1) is 0 Å². The summed E-state index contributed by atoms with van der Waals surface area (Å²) >= 11 is 0. The van der Waals surface area contributed by atoms with Crippen LogP contribution >= 0.6 is 0 Å². The van der Waals surface area contributed by atoms with E-state index in [0.717, 1.165) is 44.5 Å². The number of ether oxygens (including phenoxy) is 8. The monoisotopic (exact) mass is 1700 g/mol. The predicted octanol–water partition coefficient (Wildman–Crippen LogP) is 31.6. The van der Waals surface area contributed by atoms with Gasteiger partial charge in [0.15, 0.2) is 69.3 Å². The van der Waals surface area contributed by atoms with E-state index in [-0.39, 0.29) is 66.6 Å². The van der Waals surface area contributed by atoms with Crippen LogP contribution in [0, 0.1) is 0 Å². The molecular weight excluding hydrogens is 1590 g/mol. The summed E-state index contributed by atoms with van der Waals surface area (Å²) < 4.78 is 56.9. The third kappa shape index (κ3) is 18.5. The molecule has 3 aromatic heterocycles. The molecule has 16 heteroatoms. The lowest BCUT2D eigenvalue weighted by Crippen LogP contribution is -2.10. The zero-order chi connectivity index (χ0) is 90.7. The van der Waals surface area contributed by atoms with Gasteiger partial charge in [-0.3, -0.25) is 0 Å². The molecule has 128 heavy (non-hydrogen) atoms. The van der Waals surface area contributed by atoms with E-state index < -0.39 is 0 Å². The molecule has 2 N–H and O–H groups in total. The van der Waals surface area contributed by atoms with Crippen molar-refractivity contribution in [2.75, 3.05) is 0 Å². The fourth-order valence-corrected chi connectivity index (χ4v) is 15.7. The third-order valence-electron chi connectivity index (χ3n) is 23.7. The predicted molar refractivity (Wildman–Crippen MR) is 518 cm³/mol. The summed E-state index contributed by atoms with van der Waals surface area (Å²) in [5, 5.41) is 2.42. The molecule has 0 aliphatic carbocycles. The molecule has 0 saturated carbocycles. The Morgan fingerprint density at radius 2 is 0.289 bits per heavy atom. The quantitative estimate of drug-likeness (QED) is 0.0932. The lowest BCUT2D eigenvalue weighted by molar-refractivity contribution is 0.418. The maximum Gasteiger partial charge on any atom is 0.170 e. The van der Waals surface area contributed by atoms with Gasteiger partial charge in [0.2, 0.25) is 0 Å². The minimum atomic E-state index is -0.123. The van der Waals surface area contributed by atoms with E-state index in [1.165, 1.54) is 0 Å². The van der Waals surface area contributed by atoms with Gasteiger partial charge in [-0.05, 0) is 233 Å². The zero-order valence-electron chi connectivity index (χ0n) is 78.0. The van der Waals surface area contributed by atoms with Gasteiger partial charge >= 0.3 is 0 Å². The van der Waals surface area contributed by atoms with E-state index in [2.05, 4.69) is 273 Å². The molecule has 2 aliphatic heterocycles. The number of benzene rings is 12. The third-order valence-corrected chi connectivity index (χ3v) is 23.7. The lowest BCUT2D eigenvalue weighted by atomic mass is 9.87. The number of H-pyrrole nitrogens is 2.